The first-order valence-electron chi connectivity index (χ1n) is 2.99. The summed E-state index contributed by atoms with van der Waals surface area (Å²) < 4.78 is 5.01. The van der Waals surface area contributed by atoms with Crippen molar-refractivity contribution >= 4 is 28.9 Å². The maximum Gasteiger partial charge on any atom is 0.340 e. The Bertz CT molecular complexity index is 280. The first-order chi connectivity index (χ1) is 5.15. The monoisotopic (exact) mass is 190 g/mol. The Kier molecular flexibility index (Phi) is 2.52. The summed E-state index contributed by atoms with van der Waals surface area (Å²) in [6.45, 7) is 1.89. The normalized spacial score (nSPS) is 9.73. The van der Waals surface area contributed by atoms with Gasteiger partial charge in [0.25, 0.3) is 0 Å². The van der Waals surface area contributed by atoms with Gasteiger partial charge >= 0.3 is 5.97 Å². The average molecular weight is 191 g/mol. The summed E-state index contributed by atoms with van der Waals surface area (Å²) in [6.07, 6.45) is 0. The highest BCUT2D eigenvalue weighted by atomic mass is 35.5. The number of hydrogen-bond acceptors (Lipinski definition) is 3. The van der Waals surface area contributed by atoms with Gasteiger partial charge in [-0.2, -0.15) is 0 Å². The average Bonchev–Trinajstić information content (AvgIpc) is 2.28. The molecule has 11 heavy (non-hydrogen) atoms. The van der Waals surface area contributed by atoms with Gasteiger partial charge in [0.1, 0.15) is 4.34 Å². The maximum atomic E-state index is 10.9. The van der Waals surface area contributed by atoms with Gasteiger partial charge in [0.2, 0.25) is 0 Å². The molecular formula is C7H7ClO2S. The summed E-state index contributed by atoms with van der Waals surface area (Å²) in [5, 5.41) is 0. The topological polar surface area (TPSA) is 26.3 Å². The summed E-state index contributed by atoms with van der Waals surface area (Å²) >= 11 is 7.11. The van der Waals surface area contributed by atoms with E-state index in [1.54, 1.807) is 6.07 Å². The summed E-state index contributed by atoms with van der Waals surface area (Å²) in [6, 6.07) is 1.72. The predicted octanol–water partition coefficient (Wildman–Crippen LogP) is 2.50. The highest BCUT2D eigenvalue weighted by Crippen LogP contribution is 2.27. The molecule has 0 atom stereocenters. The number of carbonyl (C=O) groups is 1. The molecule has 0 aliphatic carbocycles. The van der Waals surface area contributed by atoms with Crippen molar-refractivity contribution in [2.75, 3.05) is 7.11 Å². The molecule has 0 spiro atoms. The number of carbonyl (C=O) groups excluding carboxylic acids is 1. The Morgan fingerprint density at radius 1 is 1.73 bits per heavy atom. The number of hydrogen-bond donors (Lipinski definition) is 0. The van der Waals surface area contributed by atoms with E-state index in [9.17, 15) is 4.79 Å². The molecule has 0 saturated heterocycles. The van der Waals surface area contributed by atoms with Crippen LogP contribution in [0.15, 0.2) is 6.07 Å². The molecule has 1 rings (SSSR count). The van der Waals surface area contributed by atoms with Crippen LogP contribution in [0, 0.1) is 6.92 Å². The van der Waals surface area contributed by atoms with Crippen molar-refractivity contribution < 1.29 is 9.53 Å². The van der Waals surface area contributed by atoms with Crippen LogP contribution in [-0.4, -0.2) is 13.1 Å². The third kappa shape index (κ3) is 1.73. The minimum absolute atomic E-state index is 0.376. The van der Waals surface area contributed by atoms with Crippen molar-refractivity contribution in [2.24, 2.45) is 0 Å². The lowest BCUT2D eigenvalue weighted by molar-refractivity contribution is 0.0601. The van der Waals surface area contributed by atoms with Gasteiger partial charge < -0.3 is 4.74 Å². The minimum atomic E-state index is -0.376. The fourth-order valence-electron chi connectivity index (χ4n) is 0.735. The second kappa shape index (κ2) is 3.24. The zero-order chi connectivity index (χ0) is 8.43. The lowest BCUT2D eigenvalue weighted by Crippen LogP contribution is -1.99. The molecule has 4 heteroatoms. The fraction of sp³-hybridized carbons (Fsp3) is 0.286. The summed E-state index contributed by atoms with van der Waals surface area (Å²) in [5.41, 5.74) is 0.455. The van der Waals surface area contributed by atoms with Crippen molar-refractivity contribution in [1.29, 1.82) is 0 Å². The SMILES string of the molecule is COC(=O)c1cc(C)sc1Cl. The van der Waals surface area contributed by atoms with Crippen molar-refractivity contribution in [2.45, 2.75) is 6.92 Å². The van der Waals surface area contributed by atoms with Crippen LogP contribution in [0.2, 0.25) is 4.34 Å². The molecule has 0 unspecified atom stereocenters. The van der Waals surface area contributed by atoms with Crippen LogP contribution in [0.4, 0.5) is 0 Å². The first kappa shape index (κ1) is 8.56. The molecule has 0 bridgehead atoms. The van der Waals surface area contributed by atoms with E-state index in [2.05, 4.69) is 4.74 Å². The van der Waals surface area contributed by atoms with Crippen LogP contribution in [0.1, 0.15) is 15.2 Å². The quantitative estimate of drug-likeness (QED) is 0.636. The Labute approximate surface area is 73.7 Å². The third-order valence-corrected chi connectivity index (χ3v) is 2.49. The van der Waals surface area contributed by atoms with Crippen molar-refractivity contribution in [3.8, 4) is 0 Å². The van der Waals surface area contributed by atoms with E-state index in [1.165, 1.54) is 18.4 Å². The molecule has 0 N–H and O–H groups in total. The molecular weight excluding hydrogens is 184 g/mol. The first-order valence-corrected chi connectivity index (χ1v) is 4.19. The van der Waals surface area contributed by atoms with E-state index in [0.29, 0.717) is 9.90 Å². The number of ether oxygens (including phenoxy) is 1. The van der Waals surface area contributed by atoms with Crippen LogP contribution in [0.25, 0.3) is 0 Å². The van der Waals surface area contributed by atoms with Gasteiger partial charge in [0.15, 0.2) is 0 Å². The smallest absolute Gasteiger partial charge is 0.340 e. The Hall–Kier alpha value is -0.540. The van der Waals surface area contributed by atoms with Gasteiger partial charge in [-0.1, -0.05) is 11.6 Å². The standard InChI is InChI=1S/C7H7ClO2S/c1-4-3-5(6(8)11-4)7(9)10-2/h3H,1-2H3. The Morgan fingerprint density at radius 3 is 2.73 bits per heavy atom. The zero-order valence-corrected chi connectivity index (χ0v) is 7.75. The molecule has 0 saturated carbocycles. The predicted molar refractivity (Wildman–Crippen MR) is 45.4 cm³/mol. The number of halogens is 1. The van der Waals surface area contributed by atoms with Crippen LogP contribution < -0.4 is 0 Å². The summed E-state index contributed by atoms with van der Waals surface area (Å²) in [7, 11) is 1.34. The number of rotatable bonds is 1. The summed E-state index contributed by atoms with van der Waals surface area (Å²) in [4.78, 5) is 12.0. The fourth-order valence-corrected chi connectivity index (χ4v) is 1.94. The molecule has 1 heterocycles. The van der Waals surface area contributed by atoms with E-state index in [0.717, 1.165) is 4.88 Å². The van der Waals surface area contributed by atoms with E-state index in [-0.39, 0.29) is 5.97 Å². The molecule has 60 valence electrons. The highest BCUT2D eigenvalue weighted by molar-refractivity contribution is 7.16. The maximum absolute atomic E-state index is 10.9. The molecule has 1 aromatic rings. The van der Waals surface area contributed by atoms with Gasteiger partial charge in [-0.3, -0.25) is 0 Å². The number of aryl methyl sites for hydroxylation is 1. The van der Waals surface area contributed by atoms with E-state index >= 15 is 0 Å². The van der Waals surface area contributed by atoms with E-state index in [1.807, 2.05) is 6.92 Å². The molecule has 0 radical (unpaired) electrons. The molecule has 0 amide bonds. The largest absolute Gasteiger partial charge is 0.465 e. The second-order valence-corrected chi connectivity index (χ2v) is 3.89. The second-order valence-electron chi connectivity index (χ2n) is 2.04. The lowest BCUT2D eigenvalue weighted by atomic mass is 10.3. The Morgan fingerprint density at radius 2 is 2.36 bits per heavy atom. The molecule has 0 aromatic carbocycles. The Balaban J connectivity index is 3.03. The van der Waals surface area contributed by atoms with E-state index in [4.69, 9.17) is 11.6 Å². The van der Waals surface area contributed by atoms with Gasteiger partial charge in [0.05, 0.1) is 12.7 Å². The molecule has 2 nitrogen and oxygen atoms in total. The van der Waals surface area contributed by atoms with Gasteiger partial charge in [-0.05, 0) is 13.0 Å². The van der Waals surface area contributed by atoms with Crippen molar-refractivity contribution in [3.63, 3.8) is 0 Å². The summed E-state index contributed by atoms with van der Waals surface area (Å²) in [5.74, 6) is -0.376. The van der Waals surface area contributed by atoms with Crippen LogP contribution in [0.5, 0.6) is 0 Å². The molecule has 0 aliphatic rings. The van der Waals surface area contributed by atoms with E-state index < -0.39 is 0 Å². The minimum Gasteiger partial charge on any atom is -0.465 e. The van der Waals surface area contributed by atoms with Gasteiger partial charge in [0, 0.05) is 4.88 Å². The molecule has 1 aromatic heterocycles. The van der Waals surface area contributed by atoms with Crippen LogP contribution >= 0.6 is 22.9 Å². The van der Waals surface area contributed by atoms with Crippen molar-refractivity contribution in [1.82, 2.24) is 0 Å². The number of methoxy groups -OCH3 is 1. The molecule has 0 fully saturated rings. The number of thiophene rings is 1. The highest BCUT2D eigenvalue weighted by Gasteiger charge is 2.12. The lowest BCUT2D eigenvalue weighted by Gasteiger charge is -1.93. The van der Waals surface area contributed by atoms with Crippen molar-refractivity contribution in [3.05, 3.63) is 20.8 Å². The van der Waals surface area contributed by atoms with Gasteiger partial charge in [-0.25, -0.2) is 4.79 Å². The number of esters is 1. The van der Waals surface area contributed by atoms with Gasteiger partial charge in [-0.15, -0.1) is 11.3 Å². The zero-order valence-electron chi connectivity index (χ0n) is 6.18. The van der Waals surface area contributed by atoms with Crippen LogP contribution in [-0.2, 0) is 4.74 Å². The third-order valence-electron chi connectivity index (χ3n) is 1.22. The molecule has 0 aliphatic heterocycles. The van der Waals surface area contributed by atoms with Crippen LogP contribution in [0.3, 0.4) is 0 Å².